The molecule has 0 N–H and O–H groups in total. The Hall–Kier alpha value is -0.570. The quantitative estimate of drug-likeness (QED) is 0.397. The Balaban J connectivity index is 2.40. The van der Waals surface area contributed by atoms with Gasteiger partial charge in [0.15, 0.2) is 0 Å². The molecule has 0 spiro atoms. The Morgan fingerprint density at radius 1 is 1.16 bits per heavy atom. The fraction of sp³-hybridized carbons (Fsp3) is 0.625. The Morgan fingerprint density at radius 3 is 2.53 bits per heavy atom. The SMILES string of the molecule is CCCCCCCCC(Br)c1cc(F)ccc1OC. The highest BCUT2D eigenvalue weighted by molar-refractivity contribution is 9.09. The molecule has 0 heterocycles. The van der Waals surface area contributed by atoms with Gasteiger partial charge in [-0.2, -0.15) is 0 Å². The minimum Gasteiger partial charge on any atom is -0.496 e. The molecule has 0 saturated heterocycles. The van der Waals surface area contributed by atoms with Crippen molar-refractivity contribution >= 4 is 15.9 Å². The van der Waals surface area contributed by atoms with Crippen LogP contribution in [0.15, 0.2) is 18.2 Å². The standard InChI is InChI=1S/C16H24BrFO/c1-3-4-5-6-7-8-9-15(17)14-12-13(18)10-11-16(14)19-2/h10-12,15H,3-9H2,1-2H3. The summed E-state index contributed by atoms with van der Waals surface area (Å²) in [7, 11) is 1.63. The van der Waals surface area contributed by atoms with Gasteiger partial charge in [0.1, 0.15) is 11.6 Å². The van der Waals surface area contributed by atoms with E-state index in [2.05, 4.69) is 22.9 Å². The van der Waals surface area contributed by atoms with Crippen LogP contribution in [0, 0.1) is 5.82 Å². The first kappa shape index (κ1) is 16.5. The van der Waals surface area contributed by atoms with Crippen LogP contribution in [0.5, 0.6) is 5.75 Å². The van der Waals surface area contributed by atoms with Gasteiger partial charge in [0.25, 0.3) is 0 Å². The zero-order valence-corrected chi connectivity index (χ0v) is 13.5. The molecule has 1 atom stereocenters. The number of hydrogen-bond acceptors (Lipinski definition) is 1. The van der Waals surface area contributed by atoms with E-state index in [-0.39, 0.29) is 10.6 Å². The van der Waals surface area contributed by atoms with Gasteiger partial charge in [0.2, 0.25) is 0 Å². The summed E-state index contributed by atoms with van der Waals surface area (Å²) in [6, 6.07) is 4.70. The van der Waals surface area contributed by atoms with E-state index in [1.165, 1.54) is 44.6 Å². The number of ether oxygens (including phenoxy) is 1. The third-order valence-corrected chi connectivity index (χ3v) is 4.29. The third-order valence-electron chi connectivity index (χ3n) is 3.34. The van der Waals surface area contributed by atoms with Gasteiger partial charge < -0.3 is 4.74 Å². The number of alkyl halides is 1. The Bertz CT molecular complexity index is 368. The van der Waals surface area contributed by atoms with E-state index in [1.54, 1.807) is 19.2 Å². The van der Waals surface area contributed by atoms with E-state index in [1.807, 2.05) is 0 Å². The van der Waals surface area contributed by atoms with Crippen molar-refractivity contribution in [3.63, 3.8) is 0 Å². The summed E-state index contributed by atoms with van der Waals surface area (Å²) in [6.45, 7) is 2.23. The number of benzene rings is 1. The molecular formula is C16H24BrFO. The molecule has 0 bridgehead atoms. The van der Waals surface area contributed by atoms with Crippen molar-refractivity contribution in [3.05, 3.63) is 29.6 Å². The third kappa shape index (κ3) is 5.94. The van der Waals surface area contributed by atoms with Crippen LogP contribution in [-0.4, -0.2) is 7.11 Å². The molecule has 1 aromatic carbocycles. The van der Waals surface area contributed by atoms with E-state index in [9.17, 15) is 4.39 Å². The topological polar surface area (TPSA) is 9.23 Å². The minimum absolute atomic E-state index is 0.171. The monoisotopic (exact) mass is 330 g/mol. The van der Waals surface area contributed by atoms with Crippen molar-refractivity contribution in [2.24, 2.45) is 0 Å². The lowest BCUT2D eigenvalue weighted by molar-refractivity contribution is 0.407. The Labute approximate surface area is 124 Å². The second kappa shape index (κ2) is 9.35. The molecule has 0 aliphatic heterocycles. The minimum atomic E-state index is -0.205. The Kier molecular flexibility index (Phi) is 8.11. The molecular weight excluding hydrogens is 307 g/mol. The van der Waals surface area contributed by atoms with Gasteiger partial charge in [-0.1, -0.05) is 61.4 Å². The van der Waals surface area contributed by atoms with Gasteiger partial charge in [-0.15, -0.1) is 0 Å². The lowest BCUT2D eigenvalue weighted by Crippen LogP contribution is -1.96. The predicted octanol–water partition coefficient (Wildman–Crippen LogP) is 6.02. The fourth-order valence-corrected chi connectivity index (χ4v) is 2.89. The van der Waals surface area contributed by atoms with Crippen LogP contribution in [0.2, 0.25) is 0 Å². The number of halogens is 2. The summed E-state index contributed by atoms with van der Waals surface area (Å²) in [6.07, 6.45) is 8.67. The van der Waals surface area contributed by atoms with E-state index >= 15 is 0 Å². The number of rotatable bonds is 9. The average molecular weight is 331 g/mol. The summed E-state index contributed by atoms with van der Waals surface area (Å²) in [5, 5.41) is 0. The van der Waals surface area contributed by atoms with E-state index in [0.29, 0.717) is 0 Å². The molecule has 0 amide bonds. The second-order valence-electron chi connectivity index (χ2n) is 4.91. The molecule has 0 aliphatic carbocycles. The molecule has 19 heavy (non-hydrogen) atoms. The summed E-state index contributed by atoms with van der Waals surface area (Å²) < 4.78 is 18.6. The molecule has 0 fully saturated rings. The highest BCUT2D eigenvalue weighted by atomic mass is 79.9. The molecule has 3 heteroatoms. The maximum Gasteiger partial charge on any atom is 0.123 e. The summed E-state index contributed by atoms with van der Waals surface area (Å²) >= 11 is 3.65. The molecule has 0 aliphatic rings. The van der Waals surface area contributed by atoms with Gasteiger partial charge >= 0.3 is 0 Å². The zero-order chi connectivity index (χ0) is 14.1. The molecule has 1 nitrogen and oxygen atoms in total. The van der Waals surface area contributed by atoms with Crippen molar-refractivity contribution in [3.8, 4) is 5.75 Å². The summed E-state index contributed by atoms with van der Waals surface area (Å²) in [5.41, 5.74) is 0.913. The average Bonchev–Trinajstić information content (AvgIpc) is 2.42. The molecule has 0 saturated carbocycles. The molecule has 0 radical (unpaired) electrons. The number of hydrogen-bond donors (Lipinski definition) is 0. The highest BCUT2D eigenvalue weighted by Gasteiger charge is 2.13. The molecule has 1 unspecified atom stereocenters. The summed E-state index contributed by atoms with van der Waals surface area (Å²) in [4.78, 5) is 0.171. The first-order valence-electron chi connectivity index (χ1n) is 7.16. The first-order valence-corrected chi connectivity index (χ1v) is 8.08. The van der Waals surface area contributed by atoms with Gasteiger partial charge in [-0.05, 0) is 24.6 Å². The van der Waals surface area contributed by atoms with Crippen LogP contribution in [0.4, 0.5) is 4.39 Å². The normalized spacial score (nSPS) is 12.4. The van der Waals surface area contributed by atoms with Crippen molar-refractivity contribution in [2.45, 2.75) is 56.7 Å². The zero-order valence-electron chi connectivity index (χ0n) is 11.9. The number of methoxy groups -OCH3 is 1. The maximum atomic E-state index is 13.3. The van der Waals surface area contributed by atoms with Crippen LogP contribution < -0.4 is 4.74 Å². The van der Waals surface area contributed by atoms with Crippen molar-refractivity contribution < 1.29 is 9.13 Å². The van der Waals surface area contributed by atoms with Crippen molar-refractivity contribution in [2.75, 3.05) is 7.11 Å². The van der Waals surface area contributed by atoms with Crippen LogP contribution in [0.3, 0.4) is 0 Å². The van der Waals surface area contributed by atoms with E-state index in [0.717, 1.165) is 17.7 Å². The van der Waals surface area contributed by atoms with Crippen LogP contribution in [-0.2, 0) is 0 Å². The molecule has 1 rings (SSSR count). The fourth-order valence-electron chi connectivity index (χ4n) is 2.21. The lowest BCUT2D eigenvalue weighted by atomic mass is 10.0. The van der Waals surface area contributed by atoms with Gasteiger partial charge in [-0.25, -0.2) is 4.39 Å². The van der Waals surface area contributed by atoms with Gasteiger partial charge in [0.05, 0.1) is 7.11 Å². The van der Waals surface area contributed by atoms with Crippen LogP contribution >= 0.6 is 15.9 Å². The lowest BCUT2D eigenvalue weighted by Gasteiger charge is -2.14. The molecule has 1 aromatic rings. The first-order chi connectivity index (χ1) is 9.19. The smallest absolute Gasteiger partial charge is 0.123 e. The van der Waals surface area contributed by atoms with Crippen LogP contribution in [0.1, 0.15) is 62.3 Å². The van der Waals surface area contributed by atoms with Gasteiger partial charge in [-0.3, -0.25) is 0 Å². The largest absolute Gasteiger partial charge is 0.496 e. The second-order valence-corrected chi connectivity index (χ2v) is 6.02. The van der Waals surface area contributed by atoms with Crippen molar-refractivity contribution in [1.29, 1.82) is 0 Å². The number of unbranched alkanes of at least 4 members (excludes halogenated alkanes) is 5. The van der Waals surface area contributed by atoms with Crippen LogP contribution in [0.25, 0.3) is 0 Å². The molecule has 108 valence electrons. The summed E-state index contributed by atoms with van der Waals surface area (Å²) in [5.74, 6) is 0.553. The Morgan fingerprint density at radius 2 is 1.84 bits per heavy atom. The maximum absolute atomic E-state index is 13.3. The van der Waals surface area contributed by atoms with Crippen molar-refractivity contribution in [1.82, 2.24) is 0 Å². The van der Waals surface area contributed by atoms with E-state index in [4.69, 9.17) is 4.74 Å². The van der Waals surface area contributed by atoms with Gasteiger partial charge in [0, 0.05) is 10.4 Å². The van der Waals surface area contributed by atoms with E-state index < -0.39 is 0 Å². The predicted molar refractivity (Wildman–Crippen MR) is 82.6 cm³/mol. The highest BCUT2D eigenvalue weighted by Crippen LogP contribution is 2.35. The molecule has 0 aromatic heterocycles.